The largest absolute Gasteiger partial charge is 0.330 e. The van der Waals surface area contributed by atoms with Crippen LogP contribution in [-0.2, 0) is 10.2 Å². The number of rotatable bonds is 12. The molecule has 0 aliphatic carbocycles. The predicted molar refractivity (Wildman–Crippen MR) is 81.1 cm³/mol. The van der Waals surface area contributed by atoms with E-state index in [1.54, 1.807) is 7.05 Å². The Morgan fingerprint density at radius 1 is 1.11 bits per heavy atom. The Bertz CT molecular complexity index is 305. The Balaban J connectivity index is 3.64. The lowest BCUT2D eigenvalue weighted by atomic mass is 10.0. The maximum absolute atomic E-state index is 11.8. The monoisotopic (exact) mass is 293 g/mol. The topological polar surface area (TPSA) is 75.4 Å². The Hall–Kier alpha value is -0.170. The van der Waals surface area contributed by atoms with E-state index in [1.807, 2.05) is 0 Å². The standard InChI is InChI=1S/C13H31N3O2S/c1-13(2)9-6-4-5-7-11-15-19(17,18)16(3)12-8-10-14/h13,15H,4-12,14H2,1-3H3. The number of unbranched alkanes of at least 4 members (excludes halogenated alkanes) is 3. The zero-order valence-corrected chi connectivity index (χ0v) is 13.5. The predicted octanol–water partition coefficient (Wildman–Crippen LogP) is 1.71. The molecule has 0 aromatic heterocycles. The van der Waals surface area contributed by atoms with Crippen molar-refractivity contribution in [3.05, 3.63) is 0 Å². The first-order chi connectivity index (χ1) is 8.90. The summed E-state index contributed by atoms with van der Waals surface area (Å²) in [6.07, 6.45) is 6.35. The molecule has 0 aromatic rings. The Morgan fingerprint density at radius 3 is 2.32 bits per heavy atom. The van der Waals surface area contributed by atoms with Gasteiger partial charge in [0.05, 0.1) is 0 Å². The van der Waals surface area contributed by atoms with E-state index in [0.29, 0.717) is 26.1 Å². The molecule has 0 heterocycles. The second-order valence-corrected chi connectivity index (χ2v) is 7.32. The highest BCUT2D eigenvalue weighted by Crippen LogP contribution is 2.09. The van der Waals surface area contributed by atoms with E-state index in [-0.39, 0.29) is 0 Å². The van der Waals surface area contributed by atoms with Crippen LogP contribution < -0.4 is 10.5 Å². The van der Waals surface area contributed by atoms with Crippen molar-refractivity contribution in [3.8, 4) is 0 Å². The average molecular weight is 293 g/mol. The quantitative estimate of drug-likeness (QED) is 0.538. The summed E-state index contributed by atoms with van der Waals surface area (Å²) >= 11 is 0. The van der Waals surface area contributed by atoms with Gasteiger partial charge in [0.15, 0.2) is 0 Å². The van der Waals surface area contributed by atoms with Crippen LogP contribution in [0.5, 0.6) is 0 Å². The third-order valence-corrected chi connectivity index (χ3v) is 4.65. The molecular formula is C13H31N3O2S. The van der Waals surface area contributed by atoms with Crippen molar-refractivity contribution in [2.24, 2.45) is 11.7 Å². The molecule has 0 aliphatic rings. The Morgan fingerprint density at radius 2 is 1.74 bits per heavy atom. The number of nitrogens with two attached hydrogens (primary N) is 1. The molecule has 3 N–H and O–H groups in total. The van der Waals surface area contributed by atoms with Gasteiger partial charge in [-0.05, 0) is 25.3 Å². The van der Waals surface area contributed by atoms with Gasteiger partial charge in [-0.25, -0.2) is 4.72 Å². The minimum Gasteiger partial charge on any atom is -0.330 e. The molecule has 19 heavy (non-hydrogen) atoms. The van der Waals surface area contributed by atoms with Gasteiger partial charge in [0, 0.05) is 20.1 Å². The third kappa shape index (κ3) is 10.3. The lowest BCUT2D eigenvalue weighted by Gasteiger charge is -2.17. The molecule has 0 saturated carbocycles. The van der Waals surface area contributed by atoms with Gasteiger partial charge in [0.25, 0.3) is 10.2 Å². The maximum Gasteiger partial charge on any atom is 0.279 e. The molecule has 0 amide bonds. The van der Waals surface area contributed by atoms with Crippen LogP contribution in [0.15, 0.2) is 0 Å². The number of nitrogens with one attached hydrogen (secondary N) is 1. The van der Waals surface area contributed by atoms with E-state index < -0.39 is 10.2 Å². The van der Waals surface area contributed by atoms with Crippen molar-refractivity contribution in [2.75, 3.05) is 26.7 Å². The van der Waals surface area contributed by atoms with E-state index in [2.05, 4.69) is 18.6 Å². The summed E-state index contributed by atoms with van der Waals surface area (Å²) in [5.74, 6) is 0.759. The van der Waals surface area contributed by atoms with E-state index in [1.165, 1.54) is 23.6 Å². The Labute approximate surface area is 119 Å². The second-order valence-electron chi connectivity index (χ2n) is 5.46. The van der Waals surface area contributed by atoms with Crippen molar-refractivity contribution in [1.82, 2.24) is 9.03 Å². The highest BCUT2D eigenvalue weighted by molar-refractivity contribution is 7.87. The van der Waals surface area contributed by atoms with Crippen molar-refractivity contribution in [2.45, 2.75) is 52.4 Å². The summed E-state index contributed by atoms with van der Waals surface area (Å²) in [6.45, 7) is 5.96. The van der Waals surface area contributed by atoms with Crippen LogP contribution in [0.25, 0.3) is 0 Å². The third-order valence-electron chi connectivity index (χ3n) is 3.08. The van der Waals surface area contributed by atoms with Crippen molar-refractivity contribution in [3.63, 3.8) is 0 Å². The van der Waals surface area contributed by atoms with Gasteiger partial charge in [-0.1, -0.05) is 39.5 Å². The minimum absolute atomic E-state index is 0.472. The van der Waals surface area contributed by atoms with Gasteiger partial charge in [-0.15, -0.1) is 0 Å². The van der Waals surface area contributed by atoms with Crippen LogP contribution in [0.4, 0.5) is 0 Å². The molecule has 0 aliphatic heterocycles. The number of hydrogen-bond acceptors (Lipinski definition) is 3. The first-order valence-corrected chi connectivity index (χ1v) is 8.75. The van der Waals surface area contributed by atoms with Gasteiger partial charge < -0.3 is 5.73 Å². The molecule has 0 aromatic carbocycles. The SMILES string of the molecule is CC(C)CCCCCCNS(=O)(=O)N(C)CCCN. The van der Waals surface area contributed by atoms with E-state index in [0.717, 1.165) is 18.8 Å². The normalized spacial score (nSPS) is 12.5. The smallest absolute Gasteiger partial charge is 0.279 e. The van der Waals surface area contributed by atoms with Gasteiger partial charge in [-0.3, -0.25) is 0 Å². The molecule has 0 spiro atoms. The fraction of sp³-hybridized carbons (Fsp3) is 1.00. The molecule has 0 radical (unpaired) electrons. The molecule has 6 heteroatoms. The molecule has 0 atom stereocenters. The summed E-state index contributed by atoms with van der Waals surface area (Å²) in [6, 6.07) is 0. The summed E-state index contributed by atoms with van der Waals surface area (Å²) in [4.78, 5) is 0. The first-order valence-electron chi connectivity index (χ1n) is 7.31. The first kappa shape index (κ1) is 18.8. The summed E-state index contributed by atoms with van der Waals surface area (Å²) in [5.41, 5.74) is 5.37. The fourth-order valence-corrected chi connectivity index (χ4v) is 2.77. The molecular weight excluding hydrogens is 262 g/mol. The van der Waals surface area contributed by atoms with Gasteiger partial charge in [0.1, 0.15) is 0 Å². The maximum atomic E-state index is 11.8. The molecule has 0 rings (SSSR count). The highest BCUT2D eigenvalue weighted by Gasteiger charge is 2.15. The lowest BCUT2D eigenvalue weighted by molar-refractivity contribution is 0.450. The lowest BCUT2D eigenvalue weighted by Crippen LogP contribution is -2.39. The van der Waals surface area contributed by atoms with Crippen LogP contribution in [0.3, 0.4) is 0 Å². The van der Waals surface area contributed by atoms with Gasteiger partial charge in [0.2, 0.25) is 0 Å². The van der Waals surface area contributed by atoms with Crippen molar-refractivity contribution in [1.29, 1.82) is 0 Å². The van der Waals surface area contributed by atoms with Crippen LogP contribution in [0.2, 0.25) is 0 Å². The zero-order valence-electron chi connectivity index (χ0n) is 12.7. The van der Waals surface area contributed by atoms with Crippen molar-refractivity contribution >= 4 is 10.2 Å². The average Bonchev–Trinajstić information content (AvgIpc) is 2.34. The zero-order chi connectivity index (χ0) is 14.7. The second kappa shape index (κ2) is 10.6. The molecule has 0 unspecified atom stereocenters. The summed E-state index contributed by atoms with van der Waals surface area (Å²) < 4.78 is 27.5. The molecule has 0 saturated heterocycles. The van der Waals surface area contributed by atoms with Crippen LogP contribution in [-0.4, -0.2) is 39.4 Å². The molecule has 116 valence electrons. The molecule has 0 fully saturated rings. The Kier molecular flexibility index (Phi) is 10.5. The minimum atomic E-state index is -3.31. The molecule has 5 nitrogen and oxygen atoms in total. The van der Waals surface area contributed by atoms with E-state index in [9.17, 15) is 8.42 Å². The van der Waals surface area contributed by atoms with Crippen molar-refractivity contribution < 1.29 is 8.42 Å². The fourth-order valence-electron chi connectivity index (χ4n) is 1.78. The molecule has 0 bridgehead atoms. The van der Waals surface area contributed by atoms with Crippen LogP contribution in [0, 0.1) is 5.92 Å². The van der Waals surface area contributed by atoms with E-state index in [4.69, 9.17) is 5.73 Å². The van der Waals surface area contributed by atoms with Gasteiger partial charge in [-0.2, -0.15) is 12.7 Å². The highest BCUT2D eigenvalue weighted by atomic mass is 32.2. The number of hydrogen-bond donors (Lipinski definition) is 2. The van der Waals surface area contributed by atoms with Crippen LogP contribution in [0.1, 0.15) is 52.4 Å². The number of nitrogens with zero attached hydrogens (tertiary/aromatic N) is 1. The summed E-state index contributed by atoms with van der Waals surface area (Å²) in [7, 11) is -1.73. The van der Waals surface area contributed by atoms with Gasteiger partial charge >= 0.3 is 0 Å². The summed E-state index contributed by atoms with van der Waals surface area (Å²) in [5, 5.41) is 0. The van der Waals surface area contributed by atoms with E-state index >= 15 is 0 Å². The van der Waals surface area contributed by atoms with Crippen LogP contribution >= 0.6 is 0 Å².